The Balaban J connectivity index is 1.90. The topological polar surface area (TPSA) is 151 Å². The van der Waals surface area contributed by atoms with Crippen molar-refractivity contribution in [3.05, 3.63) is 60.4 Å². The van der Waals surface area contributed by atoms with Gasteiger partial charge in [0.25, 0.3) is 6.43 Å². The molecule has 3 amide bonds. The highest BCUT2D eigenvalue weighted by Crippen LogP contribution is 2.32. The van der Waals surface area contributed by atoms with Gasteiger partial charge in [-0.05, 0) is 38.1 Å². The van der Waals surface area contributed by atoms with Crippen LogP contribution in [0.5, 0.6) is 5.75 Å². The van der Waals surface area contributed by atoms with Crippen LogP contribution in [-0.4, -0.2) is 77.6 Å². The predicted octanol–water partition coefficient (Wildman–Crippen LogP) is 1.54. The number of aromatic nitrogens is 1. The zero-order chi connectivity index (χ0) is 28.6. The van der Waals surface area contributed by atoms with Crippen LogP contribution in [0.1, 0.15) is 26.0 Å². The van der Waals surface area contributed by atoms with Gasteiger partial charge in [-0.15, -0.1) is 0 Å². The molecule has 2 aromatic rings. The van der Waals surface area contributed by atoms with Crippen molar-refractivity contribution in [2.75, 3.05) is 26.2 Å². The lowest BCUT2D eigenvalue weighted by atomic mass is 9.73. The molecular formula is C27H34F2N6O4. The summed E-state index contributed by atoms with van der Waals surface area (Å²) < 4.78 is 31.7. The van der Waals surface area contributed by atoms with Gasteiger partial charge in [0.1, 0.15) is 23.8 Å². The lowest BCUT2D eigenvalue weighted by Gasteiger charge is -2.43. The van der Waals surface area contributed by atoms with Crippen LogP contribution in [0.3, 0.4) is 0 Å². The van der Waals surface area contributed by atoms with Gasteiger partial charge in [-0.1, -0.05) is 24.3 Å². The molecule has 0 radical (unpaired) electrons. The number of alkyl halides is 2. The monoisotopic (exact) mass is 544 g/mol. The average molecular weight is 545 g/mol. The molecule has 0 aliphatic carbocycles. The number of hydrogen-bond acceptors (Lipinski definition) is 7. The van der Waals surface area contributed by atoms with Gasteiger partial charge in [0.15, 0.2) is 0 Å². The Bertz CT molecular complexity index is 1160. The van der Waals surface area contributed by atoms with Crippen LogP contribution in [0.25, 0.3) is 0 Å². The maximum absolute atomic E-state index is 13.8. The molecular weight excluding hydrogens is 510 g/mol. The second kappa shape index (κ2) is 12.7. The van der Waals surface area contributed by atoms with E-state index in [-0.39, 0.29) is 38.2 Å². The maximum Gasteiger partial charge on any atom is 0.255 e. The van der Waals surface area contributed by atoms with E-state index in [1.807, 2.05) is 0 Å². The number of ether oxygens (including phenoxy) is 1. The van der Waals surface area contributed by atoms with Gasteiger partial charge in [-0.2, -0.15) is 0 Å². The Morgan fingerprint density at radius 3 is 2.49 bits per heavy atom. The predicted molar refractivity (Wildman–Crippen MR) is 140 cm³/mol. The molecule has 0 saturated carbocycles. The van der Waals surface area contributed by atoms with Crippen molar-refractivity contribution >= 4 is 23.4 Å². The van der Waals surface area contributed by atoms with Gasteiger partial charge in [-0.25, -0.2) is 8.78 Å². The molecule has 2 atom stereocenters. The SMILES string of the molecule is CC(C)(N)C(=O)N[C@H](COc1ccccc1)C(=O)N1CCC(=N)[C@](Cc2ccccn2)(C(=O)NCC(F)F)C1. The summed E-state index contributed by atoms with van der Waals surface area (Å²) in [6.45, 7) is 1.71. The molecule has 1 aliphatic rings. The molecule has 0 bridgehead atoms. The van der Waals surface area contributed by atoms with Gasteiger partial charge < -0.3 is 31.4 Å². The van der Waals surface area contributed by atoms with E-state index in [9.17, 15) is 23.2 Å². The number of nitrogens with one attached hydrogen (secondary N) is 3. The van der Waals surface area contributed by atoms with Crippen molar-refractivity contribution in [2.45, 2.75) is 44.7 Å². The first-order valence-corrected chi connectivity index (χ1v) is 12.5. The molecule has 5 N–H and O–H groups in total. The standard InChI is InChI=1S/C27H34F2N6O4/c1-26(2,31)24(37)34-20(16-39-19-9-4-3-5-10-19)23(36)35-13-11-21(30)27(17-35,25(38)33-15-22(28)29)14-18-8-6-7-12-32-18/h3-10,12,20,22,30H,11,13-17,31H2,1-2H3,(H,33,38)(H,34,37)/t20-,27-/m1/s1. The Kier molecular flexibility index (Phi) is 9.68. The first kappa shape index (κ1) is 29.6. The first-order chi connectivity index (χ1) is 18.4. The van der Waals surface area contributed by atoms with Crippen molar-refractivity contribution < 1.29 is 27.9 Å². The first-order valence-electron chi connectivity index (χ1n) is 12.5. The number of para-hydroxylation sites is 1. The number of carbonyl (C=O) groups is 3. The number of piperidine rings is 1. The van der Waals surface area contributed by atoms with Crippen LogP contribution in [-0.2, 0) is 20.8 Å². The van der Waals surface area contributed by atoms with E-state index in [0.717, 1.165) is 0 Å². The minimum atomic E-state index is -2.79. The van der Waals surface area contributed by atoms with Crippen LogP contribution in [0.2, 0.25) is 0 Å². The summed E-state index contributed by atoms with van der Waals surface area (Å²) in [5.41, 5.74) is 3.49. The number of carbonyl (C=O) groups excluding carboxylic acids is 3. The quantitative estimate of drug-likeness (QED) is 0.337. The molecule has 1 aliphatic heterocycles. The van der Waals surface area contributed by atoms with Gasteiger partial charge >= 0.3 is 0 Å². The van der Waals surface area contributed by atoms with Crippen molar-refractivity contribution in [1.82, 2.24) is 20.5 Å². The van der Waals surface area contributed by atoms with Gasteiger partial charge in [0, 0.05) is 43.5 Å². The number of halogens is 2. The number of pyridine rings is 1. The third kappa shape index (κ3) is 7.79. The van der Waals surface area contributed by atoms with Crippen molar-refractivity contribution in [3.8, 4) is 5.75 Å². The second-order valence-corrected chi connectivity index (χ2v) is 10.0. The largest absolute Gasteiger partial charge is 0.491 e. The molecule has 2 heterocycles. The lowest BCUT2D eigenvalue weighted by Crippen LogP contribution is -2.63. The van der Waals surface area contributed by atoms with E-state index in [0.29, 0.717) is 11.4 Å². The normalized spacial score (nSPS) is 18.4. The highest BCUT2D eigenvalue weighted by molar-refractivity contribution is 6.09. The molecule has 210 valence electrons. The van der Waals surface area contributed by atoms with Gasteiger partial charge in [0.05, 0.1) is 12.1 Å². The number of benzene rings is 1. The molecule has 1 fully saturated rings. The number of nitrogens with zero attached hydrogens (tertiary/aromatic N) is 2. The molecule has 1 saturated heterocycles. The molecule has 1 aromatic carbocycles. The molecule has 1 aromatic heterocycles. The Labute approximate surface area is 225 Å². The van der Waals surface area contributed by atoms with Gasteiger partial charge in [-0.3, -0.25) is 19.4 Å². The Hall–Kier alpha value is -3.93. The van der Waals surface area contributed by atoms with Crippen molar-refractivity contribution in [2.24, 2.45) is 11.1 Å². The van der Waals surface area contributed by atoms with E-state index in [1.54, 1.807) is 48.5 Å². The van der Waals surface area contributed by atoms with Crippen LogP contribution in [0.15, 0.2) is 54.7 Å². The van der Waals surface area contributed by atoms with Crippen molar-refractivity contribution in [1.29, 1.82) is 5.41 Å². The second-order valence-electron chi connectivity index (χ2n) is 10.0. The zero-order valence-electron chi connectivity index (χ0n) is 22.0. The van der Waals surface area contributed by atoms with Crippen LogP contribution >= 0.6 is 0 Å². The Morgan fingerprint density at radius 1 is 1.18 bits per heavy atom. The fourth-order valence-electron chi connectivity index (χ4n) is 4.21. The summed E-state index contributed by atoms with van der Waals surface area (Å²) in [5, 5.41) is 13.5. The fraction of sp³-hybridized carbons (Fsp3) is 0.444. The van der Waals surface area contributed by atoms with E-state index in [4.69, 9.17) is 15.9 Å². The fourth-order valence-corrected chi connectivity index (χ4v) is 4.21. The third-order valence-corrected chi connectivity index (χ3v) is 6.39. The number of likely N-dealkylation sites (tertiary alicyclic amines) is 1. The average Bonchev–Trinajstić information content (AvgIpc) is 2.91. The maximum atomic E-state index is 13.8. The summed E-state index contributed by atoms with van der Waals surface area (Å²) in [5.74, 6) is -1.45. The lowest BCUT2D eigenvalue weighted by molar-refractivity contribution is -0.141. The molecule has 0 spiro atoms. The summed E-state index contributed by atoms with van der Waals surface area (Å²) in [6, 6.07) is 12.6. The number of hydrogen-bond donors (Lipinski definition) is 4. The van der Waals surface area contributed by atoms with Crippen LogP contribution in [0, 0.1) is 10.8 Å². The minimum absolute atomic E-state index is 0.00758. The van der Waals surface area contributed by atoms with Crippen LogP contribution < -0.4 is 21.1 Å². The Morgan fingerprint density at radius 2 is 1.87 bits per heavy atom. The zero-order valence-corrected chi connectivity index (χ0v) is 22.0. The van der Waals surface area contributed by atoms with E-state index >= 15 is 0 Å². The molecule has 0 unspecified atom stereocenters. The van der Waals surface area contributed by atoms with E-state index in [2.05, 4.69) is 15.6 Å². The van der Waals surface area contributed by atoms with Gasteiger partial charge in [0.2, 0.25) is 17.7 Å². The molecule has 10 nitrogen and oxygen atoms in total. The smallest absolute Gasteiger partial charge is 0.255 e. The highest BCUT2D eigenvalue weighted by atomic mass is 19.3. The number of amides is 3. The van der Waals surface area contributed by atoms with Crippen molar-refractivity contribution in [3.63, 3.8) is 0 Å². The van der Waals surface area contributed by atoms with Crippen LogP contribution in [0.4, 0.5) is 8.78 Å². The van der Waals surface area contributed by atoms with E-state index < -0.39 is 47.7 Å². The summed E-state index contributed by atoms with van der Waals surface area (Å²) in [4.78, 5) is 45.4. The summed E-state index contributed by atoms with van der Waals surface area (Å²) >= 11 is 0. The third-order valence-electron chi connectivity index (χ3n) is 6.39. The number of rotatable bonds is 11. The highest BCUT2D eigenvalue weighted by Gasteiger charge is 2.49. The van der Waals surface area contributed by atoms with E-state index in [1.165, 1.54) is 24.9 Å². The summed E-state index contributed by atoms with van der Waals surface area (Å²) in [6.07, 6.45) is -1.30. The molecule has 12 heteroatoms. The minimum Gasteiger partial charge on any atom is -0.491 e. The molecule has 39 heavy (non-hydrogen) atoms. The molecule has 3 rings (SSSR count). The summed E-state index contributed by atoms with van der Waals surface area (Å²) in [7, 11) is 0. The number of nitrogens with two attached hydrogens (primary N) is 1.